The van der Waals surface area contributed by atoms with Crippen LogP contribution in [0, 0.1) is 12.3 Å². The predicted molar refractivity (Wildman–Crippen MR) is 74.0 cm³/mol. The number of terminal acetylenes is 1. The lowest BCUT2D eigenvalue weighted by atomic mass is 10.0. The summed E-state index contributed by atoms with van der Waals surface area (Å²) >= 11 is 0. The van der Waals surface area contributed by atoms with Gasteiger partial charge in [-0.05, 0) is 19.0 Å². The van der Waals surface area contributed by atoms with Crippen molar-refractivity contribution >= 4 is 0 Å². The van der Waals surface area contributed by atoms with Gasteiger partial charge in [-0.3, -0.25) is 0 Å². The third-order valence-corrected chi connectivity index (χ3v) is 2.84. The van der Waals surface area contributed by atoms with Crippen LogP contribution in [0.25, 0.3) is 0 Å². The van der Waals surface area contributed by atoms with Crippen molar-refractivity contribution in [2.75, 3.05) is 20.8 Å². The fourth-order valence-corrected chi connectivity index (χ4v) is 1.95. The summed E-state index contributed by atoms with van der Waals surface area (Å²) < 4.78 is 10.6. The first-order valence-corrected chi connectivity index (χ1v) is 6.15. The molecule has 3 heteroatoms. The fourth-order valence-electron chi connectivity index (χ4n) is 1.95. The van der Waals surface area contributed by atoms with Crippen molar-refractivity contribution in [2.45, 2.75) is 25.8 Å². The highest BCUT2D eigenvalue weighted by atomic mass is 16.5. The number of methoxy groups -OCH3 is 2. The van der Waals surface area contributed by atoms with E-state index < -0.39 is 0 Å². The predicted octanol–water partition coefficient (Wildman–Crippen LogP) is 2.77. The molecule has 0 aromatic heterocycles. The van der Waals surface area contributed by atoms with E-state index in [-0.39, 0.29) is 6.04 Å². The SMILES string of the molecule is C#CCCC(NCC)c1ccc(OC)cc1OC. The summed E-state index contributed by atoms with van der Waals surface area (Å²) in [6.07, 6.45) is 6.98. The number of ether oxygens (including phenoxy) is 2. The van der Waals surface area contributed by atoms with Gasteiger partial charge >= 0.3 is 0 Å². The van der Waals surface area contributed by atoms with E-state index in [2.05, 4.69) is 18.2 Å². The van der Waals surface area contributed by atoms with Gasteiger partial charge in [0.1, 0.15) is 11.5 Å². The molecule has 0 saturated carbocycles. The zero-order chi connectivity index (χ0) is 13.4. The van der Waals surface area contributed by atoms with Gasteiger partial charge in [0.15, 0.2) is 0 Å². The second-order valence-corrected chi connectivity index (χ2v) is 3.96. The van der Waals surface area contributed by atoms with Crippen molar-refractivity contribution in [1.29, 1.82) is 0 Å². The van der Waals surface area contributed by atoms with Gasteiger partial charge in [0.2, 0.25) is 0 Å². The Morgan fingerprint density at radius 2 is 2.11 bits per heavy atom. The molecule has 0 saturated heterocycles. The Kier molecular flexibility index (Phi) is 6.10. The van der Waals surface area contributed by atoms with Gasteiger partial charge in [0.05, 0.1) is 14.2 Å². The van der Waals surface area contributed by atoms with Gasteiger partial charge in [-0.25, -0.2) is 0 Å². The lowest BCUT2D eigenvalue weighted by Crippen LogP contribution is -2.21. The lowest BCUT2D eigenvalue weighted by Gasteiger charge is -2.20. The number of nitrogens with one attached hydrogen (secondary N) is 1. The largest absolute Gasteiger partial charge is 0.497 e. The molecule has 1 aromatic rings. The van der Waals surface area contributed by atoms with E-state index in [9.17, 15) is 0 Å². The summed E-state index contributed by atoms with van der Waals surface area (Å²) in [4.78, 5) is 0. The first-order chi connectivity index (χ1) is 8.76. The molecule has 0 aliphatic rings. The highest BCUT2D eigenvalue weighted by Crippen LogP contribution is 2.31. The maximum absolute atomic E-state index is 5.42. The fraction of sp³-hybridized carbons (Fsp3) is 0.467. The molecule has 3 nitrogen and oxygen atoms in total. The van der Waals surface area contributed by atoms with Crippen LogP contribution >= 0.6 is 0 Å². The van der Waals surface area contributed by atoms with Crippen LogP contribution in [0.1, 0.15) is 31.4 Å². The molecule has 0 aliphatic heterocycles. The van der Waals surface area contributed by atoms with Crippen molar-refractivity contribution in [3.63, 3.8) is 0 Å². The Hall–Kier alpha value is -1.66. The zero-order valence-corrected chi connectivity index (χ0v) is 11.3. The molecule has 0 spiro atoms. The molecule has 0 bridgehead atoms. The average molecular weight is 247 g/mol. The summed E-state index contributed by atoms with van der Waals surface area (Å²) in [5, 5.41) is 3.43. The van der Waals surface area contributed by atoms with E-state index in [1.807, 2.05) is 18.2 Å². The third-order valence-electron chi connectivity index (χ3n) is 2.84. The quantitative estimate of drug-likeness (QED) is 0.752. The summed E-state index contributed by atoms with van der Waals surface area (Å²) in [5.74, 6) is 4.31. The van der Waals surface area contributed by atoms with E-state index >= 15 is 0 Å². The molecule has 0 amide bonds. The van der Waals surface area contributed by atoms with Crippen LogP contribution in [0.5, 0.6) is 11.5 Å². The van der Waals surface area contributed by atoms with Gasteiger partial charge in [-0.15, -0.1) is 12.3 Å². The summed E-state index contributed by atoms with van der Waals surface area (Å²) in [6, 6.07) is 6.08. The molecular formula is C15H21NO2. The molecule has 1 rings (SSSR count). The van der Waals surface area contributed by atoms with Crippen LogP contribution < -0.4 is 14.8 Å². The van der Waals surface area contributed by atoms with Gasteiger partial charge in [0.25, 0.3) is 0 Å². The number of rotatable bonds is 7. The Labute approximate surface area is 109 Å². The van der Waals surface area contributed by atoms with Crippen LogP contribution in [0.2, 0.25) is 0 Å². The van der Waals surface area contributed by atoms with Crippen LogP contribution in [-0.4, -0.2) is 20.8 Å². The topological polar surface area (TPSA) is 30.5 Å². The van der Waals surface area contributed by atoms with Crippen molar-refractivity contribution in [1.82, 2.24) is 5.32 Å². The Morgan fingerprint density at radius 3 is 2.67 bits per heavy atom. The van der Waals surface area contributed by atoms with Gasteiger partial charge in [-0.2, -0.15) is 0 Å². The highest BCUT2D eigenvalue weighted by molar-refractivity contribution is 5.42. The average Bonchev–Trinajstić information content (AvgIpc) is 2.42. The zero-order valence-electron chi connectivity index (χ0n) is 11.3. The third kappa shape index (κ3) is 3.68. The second kappa shape index (κ2) is 7.62. The first-order valence-electron chi connectivity index (χ1n) is 6.15. The van der Waals surface area contributed by atoms with Crippen molar-refractivity contribution in [2.24, 2.45) is 0 Å². The second-order valence-electron chi connectivity index (χ2n) is 3.96. The van der Waals surface area contributed by atoms with Crippen molar-refractivity contribution in [3.8, 4) is 23.8 Å². The number of hydrogen-bond donors (Lipinski definition) is 1. The van der Waals surface area contributed by atoms with Gasteiger partial charge < -0.3 is 14.8 Å². The molecule has 1 unspecified atom stereocenters. The maximum atomic E-state index is 5.42. The molecule has 98 valence electrons. The molecule has 0 aliphatic carbocycles. The van der Waals surface area contributed by atoms with Crippen molar-refractivity contribution < 1.29 is 9.47 Å². The molecule has 0 radical (unpaired) electrons. The smallest absolute Gasteiger partial charge is 0.127 e. The van der Waals surface area contributed by atoms with Gasteiger partial charge in [-0.1, -0.05) is 13.0 Å². The summed E-state index contributed by atoms with van der Waals surface area (Å²) in [7, 11) is 3.32. The minimum Gasteiger partial charge on any atom is -0.497 e. The van der Waals surface area contributed by atoms with E-state index in [0.29, 0.717) is 0 Å². The minimum absolute atomic E-state index is 0.215. The first kappa shape index (κ1) is 14.4. The normalized spacial score (nSPS) is 11.7. The lowest BCUT2D eigenvalue weighted by molar-refractivity contribution is 0.382. The van der Waals surface area contributed by atoms with E-state index in [1.54, 1.807) is 14.2 Å². The van der Waals surface area contributed by atoms with E-state index in [4.69, 9.17) is 15.9 Å². The van der Waals surface area contributed by atoms with Gasteiger partial charge in [0, 0.05) is 24.1 Å². The van der Waals surface area contributed by atoms with Crippen LogP contribution in [0.15, 0.2) is 18.2 Å². The molecule has 1 atom stereocenters. The molecular weight excluding hydrogens is 226 g/mol. The standard InChI is InChI=1S/C15H21NO2/c1-5-7-8-14(16-6-2)13-10-9-12(17-3)11-15(13)18-4/h1,9-11,14,16H,6-8H2,2-4H3. The summed E-state index contributed by atoms with van der Waals surface area (Å²) in [5.41, 5.74) is 1.12. The monoisotopic (exact) mass is 247 g/mol. The van der Waals surface area contributed by atoms with Crippen LogP contribution in [-0.2, 0) is 0 Å². The minimum atomic E-state index is 0.215. The maximum Gasteiger partial charge on any atom is 0.127 e. The Morgan fingerprint density at radius 1 is 1.33 bits per heavy atom. The Balaban J connectivity index is 2.99. The molecule has 1 N–H and O–H groups in total. The van der Waals surface area contributed by atoms with Crippen molar-refractivity contribution in [3.05, 3.63) is 23.8 Å². The van der Waals surface area contributed by atoms with Crippen LogP contribution in [0.3, 0.4) is 0 Å². The number of benzene rings is 1. The molecule has 18 heavy (non-hydrogen) atoms. The van der Waals surface area contributed by atoms with E-state index in [1.165, 1.54) is 0 Å². The summed E-state index contributed by atoms with van der Waals surface area (Å²) in [6.45, 7) is 2.98. The van der Waals surface area contributed by atoms with E-state index in [0.717, 1.165) is 36.4 Å². The Bertz CT molecular complexity index is 409. The van der Waals surface area contributed by atoms with Crippen LogP contribution in [0.4, 0.5) is 0 Å². The molecule has 0 fully saturated rings. The molecule has 0 heterocycles. The molecule has 1 aromatic carbocycles. The number of hydrogen-bond acceptors (Lipinski definition) is 3. The highest BCUT2D eigenvalue weighted by Gasteiger charge is 2.15.